The molecule has 0 N–H and O–H groups in total. The molecule has 0 fully saturated rings. The van der Waals surface area contributed by atoms with E-state index in [4.69, 9.17) is 0 Å². The minimum atomic E-state index is -1.59. The molecule has 1 heterocycles. The summed E-state index contributed by atoms with van der Waals surface area (Å²) in [5.41, 5.74) is 0. The molecule has 76 valence electrons. The normalized spacial score (nSPS) is 23.7. The molecule has 0 saturated heterocycles. The van der Waals surface area contributed by atoms with Crippen molar-refractivity contribution < 1.29 is 0 Å². The molecule has 0 saturated carbocycles. The molecule has 0 radical (unpaired) electrons. The monoisotopic (exact) mass is 312 g/mol. The molecule has 0 bridgehead atoms. The first-order chi connectivity index (χ1) is 6.41. The third-order valence-electron chi connectivity index (χ3n) is 2.52. The topological polar surface area (TPSA) is 0 Å². The summed E-state index contributed by atoms with van der Waals surface area (Å²) in [6.45, 7) is 0. The molecule has 0 unspecified atom stereocenters. The van der Waals surface area contributed by atoms with Gasteiger partial charge >= 0.3 is 94.3 Å². The zero-order chi connectivity index (χ0) is 10.7. The van der Waals surface area contributed by atoms with E-state index in [1.807, 2.05) is 0 Å². The van der Waals surface area contributed by atoms with E-state index in [1.165, 1.54) is 21.0 Å². The molecule has 1 aliphatic rings. The maximum absolute atomic E-state index is 3.41. The van der Waals surface area contributed by atoms with Gasteiger partial charge in [0.05, 0.1) is 0 Å². The quantitative estimate of drug-likeness (QED) is 0.475. The molecule has 1 rings (SSSR count). The number of hydrogen-bond donors (Lipinski definition) is 0. The average Bonchev–Trinajstić information content (AvgIpc) is 2.07. The van der Waals surface area contributed by atoms with Crippen molar-refractivity contribution in [1.29, 1.82) is 0 Å². The third-order valence-corrected chi connectivity index (χ3v) is 12.0. The maximum atomic E-state index is 3.41. The molecule has 0 nitrogen and oxygen atoms in total. The fourth-order valence-electron chi connectivity index (χ4n) is 1.33. The molecule has 2 heteroatoms. The molecule has 14 heavy (non-hydrogen) atoms. The molecule has 0 aromatic rings. The summed E-state index contributed by atoms with van der Waals surface area (Å²) in [5, 5.41) is 4.75. The van der Waals surface area contributed by atoms with Crippen LogP contribution in [0.2, 0.25) is 44.0 Å². The Labute approximate surface area is 94.0 Å². The number of rotatable bonds is 0. The van der Waals surface area contributed by atoms with Crippen LogP contribution in [0.15, 0.2) is 0 Å². The Morgan fingerprint density at radius 3 is 1.00 bits per heavy atom. The van der Waals surface area contributed by atoms with E-state index in [2.05, 4.69) is 46.7 Å². The van der Waals surface area contributed by atoms with Crippen molar-refractivity contribution >= 4 is 26.5 Å². The number of hydrogen-bond acceptors (Lipinski definition) is 0. The van der Waals surface area contributed by atoms with Crippen LogP contribution in [0.3, 0.4) is 0 Å². The van der Waals surface area contributed by atoms with Gasteiger partial charge in [-0.1, -0.05) is 0 Å². The van der Waals surface area contributed by atoms with Gasteiger partial charge in [-0.2, -0.15) is 0 Å². The third kappa shape index (κ3) is 4.62. The van der Waals surface area contributed by atoms with E-state index in [0.29, 0.717) is 0 Å². The fourth-order valence-corrected chi connectivity index (χ4v) is 6.92. The summed E-state index contributed by atoms with van der Waals surface area (Å²) >= 11 is -3.17. The molecule has 1 aliphatic heterocycles. The van der Waals surface area contributed by atoms with Crippen molar-refractivity contribution in [2.45, 2.75) is 44.0 Å². The first-order valence-corrected chi connectivity index (χ1v) is 19.7. The molecular weight excluding hydrogens is 289 g/mol. The van der Waals surface area contributed by atoms with Crippen molar-refractivity contribution in [3.63, 3.8) is 0 Å². The van der Waals surface area contributed by atoms with Gasteiger partial charge in [0, 0.05) is 0 Å². The molecule has 0 atom stereocenters. The van der Waals surface area contributed by atoms with Crippen LogP contribution in [0.5, 0.6) is 0 Å². The van der Waals surface area contributed by atoms with Crippen LogP contribution in [0.25, 0.3) is 0 Å². The van der Waals surface area contributed by atoms with Gasteiger partial charge in [0.25, 0.3) is 0 Å². The predicted octanol–water partition coefficient (Wildman–Crippen LogP) is 3.42. The van der Waals surface area contributed by atoms with Gasteiger partial charge in [-0.25, -0.2) is 0 Å². The van der Waals surface area contributed by atoms with Crippen LogP contribution in [-0.4, -0.2) is 26.5 Å². The van der Waals surface area contributed by atoms with Crippen LogP contribution >= 0.6 is 0 Å². The van der Waals surface area contributed by atoms with Crippen LogP contribution in [0, 0.1) is 23.7 Å². The Morgan fingerprint density at radius 2 is 0.786 bits per heavy atom. The molecule has 0 aromatic heterocycles. The van der Waals surface area contributed by atoms with E-state index < -0.39 is 26.5 Å². The van der Waals surface area contributed by atoms with E-state index in [0.717, 1.165) is 0 Å². The fraction of sp³-hybridized carbons (Fsp3) is 0.667. The van der Waals surface area contributed by atoms with Crippen molar-refractivity contribution in [2.75, 3.05) is 0 Å². The van der Waals surface area contributed by atoms with Crippen LogP contribution in [0.1, 0.15) is 0 Å². The van der Waals surface area contributed by atoms with Gasteiger partial charge in [-0.15, -0.1) is 0 Å². The van der Waals surface area contributed by atoms with Gasteiger partial charge in [-0.3, -0.25) is 0 Å². The Bertz CT molecular complexity index is 260. The molecule has 0 amide bonds. The summed E-state index contributed by atoms with van der Waals surface area (Å²) in [6.07, 6.45) is 0. The molecule has 0 aliphatic carbocycles. The summed E-state index contributed by atoms with van der Waals surface area (Å²) < 4.78 is 0. The Kier molecular flexibility index (Phi) is 4.23. The van der Waals surface area contributed by atoms with E-state index in [1.54, 1.807) is 0 Å². The van der Waals surface area contributed by atoms with Crippen LogP contribution in [-0.2, 0) is 0 Å². The van der Waals surface area contributed by atoms with Crippen LogP contribution in [0.4, 0.5) is 0 Å². The first-order valence-electron chi connectivity index (χ1n) is 5.33. The van der Waals surface area contributed by atoms with E-state index in [-0.39, 0.29) is 0 Å². The Hall–Kier alpha value is 0.206. The van der Waals surface area contributed by atoms with E-state index in [9.17, 15) is 0 Å². The SMILES string of the molecule is [CH3][Ge]1([CH3])[CH2]C#C[CH2][Ge]([CH3])([CH3])[CH2]C#C[CH2]1. The summed E-state index contributed by atoms with van der Waals surface area (Å²) in [7, 11) is 0. The summed E-state index contributed by atoms with van der Waals surface area (Å²) in [5.74, 6) is 23.4. The molecule has 0 aromatic carbocycles. The van der Waals surface area contributed by atoms with Crippen molar-refractivity contribution in [1.82, 2.24) is 0 Å². The molecule has 0 spiro atoms. The minimum absolute atomic E-state index is 1.19. The second-order valence-electron chi connectivity index (χ2n) is 5.74. The standard InChI is InChI=1S/C12H20Ge2/c1-13(2)9-5-7-11-14(3,4)12-8-6-10-13/h9-12H2,1-4H3. The van der Waals surface area contributed by atoms with Crippen molar-refractivity contribution in [3.8, 4) is 23.7 Å². The second-order valence-corrected chi connectivity index (χ2v) is 26.9. The zero-order valence-electron chi connectivity index (χ0n) is 9.83. The van der Waals surface area contributed by atoms with Crippen molar-refractivity contribution in [2.24, 2.45) is 0 Å². The average molecular weight is 310 g/mol. The van der Waals surface area contributed by atoms with Crippen LogP contribution < -0.4 is 0 Å². The Morgan fingerprint density at radius 1 is 0.571 bits per heavy atom. The van der Waals surface area contributed by atoms with Gasteiger partial charge < -0.3 is 0 Å². The van der Waals surface area contributed by atoms with Gasteiger partial charge in [0.1, 0.15) is 0 Å². The van der Waals surface area contributed by atoms with E-state index >= 15 is 0 Å². The summed E-state index contributed by atoms with van der Waals surface area (Å²) in [4.78, 5) is 0. The van der Waals surface area contributed by atoms with Gasteiger partial charge in [0.2, 0.25) is 0 Å². The predicted molar refractivity (Wildman–Crippen MR) is 69.7 cm³/mol. The Balaban J connectivity index is 2.74. The molecular formula is C12H20Ge2. The van der Waals surface area contributed by atoms with Crippen molar-refractivity contribution in [3.05, 3.63) is 0 Å². The van der Waals surface area contributed by atoms with Gasteiger partial charge in [-0.05, 0) is 0 Å². The summed E-state index contributed by atoms with van der Waals surface area (Å²) in [6, 6.07) is 0. The zero-order valence-corrected chi connectivity index (χ0v) is 14.0. The van der Waals surface area contributed by atoms with Gasteiger partial charge in [0.15, 0.2) is 0 Å². The first kappa shape index (κ1) is 12.3. The second kappa shape index (κ2) is 4.82.